The Morgan fingerprint density at radius 2 is 1.69 bits per heavy atom. The maximum absolute atomic E-state index is 12.5. The third kappa shape index (κ3) is 4.30. The van der Waals surface area contributed by atoms with E-state index in [1.165, 1.54) is 11.8 Å². The van der Waals surface area contributed by atoms with Gasteiger partial charge in [0, 0.05) is 11.3 Å². The van der Waals surface area contributed by atoms with Gasteiger partial charge >= 0.3 is 0 Å². The highest BCUT2D eigenvalue weighted by Crippen LogP contribution is 2.29. The number of carbonyl (C=O) groups is 1. The van der Waals surface area contributed by atoms with Crippen LogP contribution in [0.15, 0.2) is 63.9 Å². The van der Waals surface area contributed by atoms with Crippen LogP contribution in [0, 0.1) is 0 Å². The first kappa shape index (κ1) is 19.5. The highest BCUT2D eigenvalue weighted by molar-refractivity contribution is 8.00. The Morgan fingerprint density at radius 1 is 1.03 bits per heavy atom. The van der Waals surface area contributed by atoms with Crippen molar-refractivity contribution in [3.05, 3.63) is 59.7 Å². The number of hydrogen-bond donors (Lipinski definition) is 0. The first-order chi connectivity index (χ1) is 14.2. The van der Waals surface area contributed by atoms with E-state index in [2.05, 4.69) is 10.2 Å². The molecule has 0 atom stereocenters. The fourth-order valence-corrected chi connectivity index (χ4v) is 4.39. The molecule has 9 heteroatoms. The minimum absolute atomic E-state index is 0.0119. The van der Waals surface area contributed by atoms with Gasteiger partial charge < -0.3 is 9.47 Å². The molecule has 7 nitrogen and oxygen atoms in total. The van der Waals surface area contributed by atoms with Gasteiger partial charge in [-0.15, -0.1) is 10.2 Å². The monoisotopic (exact) mass is 426 g/mol. The summed E-state index contributed by atoms with van der Waals surface area (Å²) in [5.41, 5.74) is 2.57. The van der Waals surface area contributed by atoms with Gasteiger partial charge in [0.15, 0.2) is 5.78 Å². The van der Waals surface area contributed by atoms with Gasteiger partial charge in [0.25, 0.3) is 0 Å². The molecule has 0 saturated carbocycles. The molecule has 2 heterocycles. The van der Waals surface area contributed by atoms with Crippen molar-refractivity contribution in [3.63, 3.8) is 0 Å². The molecule has 3 aromatic rings. The van der Waals surface area contributed by atoms with Crippen LogP contribution in [0.3, 0.4) is 0 Å². The molecule has 0 fully saturated rings. The maximum Gasteiger partial charge on any atom is 0.213 e. The van der Waals surface area contributed by atoms with Gasteiger partial charge in [-0.25, -0.2) is 0 Å². The lowest BCUT2D eigenvalue weighted by atomic mass is 10.1. The van der Waals surface area contributed by atoms with Crippen LogP contribution in [0.2, 0.25) is 0 Å². The van der Waals surface area contributed by atoms with Crippen molar-refractivity contribution in [2.45, 2.75) is 10.3 Å². The summed E-state index contributed by atoms with van der Waals surface area (Å²) in [4.78, 5) is 12.5. The number of hydrogen-bond acceptors (Lipinski definition) is 8. The average molecular weight is 427 g/mol. The Hall–Kier alpha value is -2.78. The van der Waals surface area contributed by atoms with E-state index in [0.29, 0.717) is 16.5 Å². The predicted octanol–water partition coefficient (Wildman–Crippen LogP) is 3.63. The van der Waals surface area contributed by atoms with Gasteiger partial charge in [0.05, 0.1) is 25.7 Å². The second-order valence-corrected chi connectivity index (χ2v) is 7.97. The van der Waals surface area contributed by atoms with Crippen LogP contribution in [0.1, 0.15) is 15.9 Å². The number of thioether (sulfide) groups is 2. The van der Waals surface area contributed by atoms with Crippen LogP contribution >= 0.6 is 23.5 Å². The molecule has 1 aliphatic heterocycles. The molecular formula is C20H18N4O3S2. The molecule has 0 saturated heterocycles. The molecule has 0 bridgehead atoms. The lowest BCUT2D eigenvalue weighted by molar-refractivity contribution is 0.102. The van der Waals surface area contributed by atoms with Crippen molar-refractivity contribution < 1.29 is 14.3 Å². The molecule has 148 valence electrons. The van der Waals surface area contributed by atoms with Crippen LogP contribution in [0.25, 0.3) is 0 Å². The largest absolute Gasteiger partial charge is 0.497 e. The summed E-state index contributed by atoms with van der Waals surface area (Å²) in [5, 5.41) is 14.4. The van der Waals surface area contributed by atoms with E-state index in [1.807, 2.05) is 24.3 Å². The van der Waals surface area contributed by atoms with Crippen LogP contribution in [0.4, 0.5) is 0 Å². The number of aromatic nitrogens is 3. The summed E-state index contributed by atoms with van der Waals surface area (Å²) >= 11 is 2.90. The molecule has 1 aromatic heterocycles. The lowest BCUT2D eigenvalue weighted by Crippen LogP contribution is -2.14. The van der Waals surface area contributed by atoms with E-state index >= 15 is 0 Å². The molecule has 1 aliphatic rings. The molecule has 0 N–H and O–H groups in total. The summed E-state index contributed by atoms with van der Waals surface area (Å²) in [5.74, 6) is 2.50. The number of carbonyl (C=O) groups excluding carboxylic acids is 1. The van der Waals surface area contributed by atoms with Crippen molar-refractivity contribution in [1.82, 2.24) is 14.9 Å². The maximum atomic E-state index is 12.5. The van der Waals surface area contributed by atoms with Crippen molar-refractivity contribution >= 4 is 35.0 Å². The van der Waals surface area contributed by atoms with Gasteiger partial charge in [-0.3, -0.25) is 4.79 Å². The number of ether oxygens (including phenoxy) is 2. The van der Waals surface area contributed by atoms with E-state index in [9.17, 15) is 4.79 Å². The Labute approximate surface area is 176 Å². The fourth-order valence-electron chi connectivity index (χ4n) is 2.71. The number of fused-ring (bicyclic) bond motifs is 1. The van der Waals surface area contributed by atoms with E-state index in [1.54, 1.807) is 54.9 Å². The first-order valence-electron chi connectivity index (χ1n) is 8.78. The molecule has 0 amide bonds. The van der Waals surface area contributed by atoms with E-state index in [4.69, 9.17) is 14.6 Å². The number of ketones is 1. The highest BCUT2D eigenvalue weighted by Gasteiger charge is 2.21. The standard InChI is InChI=1S/C20H18N4O3S2/c1-26-15-7-3-13(4-8-15)17-11-28-19-21-22-20(24(19)23-17)29-12-18(25)14-5-9-16(27-2)10-6-14/h3-10H,11-12H2,1-2H3. The molecular weight excluding hydrogens is 408 g/mol. The molecule has 29 heavy (non-hydrogen) atoms. The number of benzene rings is 2. The quantitative estimate of drug-likeness (QED) is 0.422. The van der Waals surface area contributed by atoms with Crippen molar-refractivity contribution in [2.24, 2.45) is 5.10 Å². The van der Waals surface area contributed by atoms with Gasteiger partial charge in [-0.2, -0.15) is 9.78 Å². The van der Waals surface area contributed by atoms with Gasteiger partial charge in [-0.05, 0) is 54.1 Å². The van der Waals surface area contributed by atoms with Crippen molar-refractivity contribution in [1.29, 1.82) is 0 Å². The Bertz CT molecular complexity index is 1050. The smallest absolute Gasteiger partial charge is 0.213 e. The Morgan fingerprint density at radius 3 is 2.34 bits per heavy atom. The normalized spacial score (nSPS) is 12.8. The van der Waals surface area contributed by atoms with Gasteiger partial charge in [0.2, 0.25) is 10.3 Å². The summed E-state index contributed by atoms with van der Waals surface area (Å²) < 4.78 is 12.0. The zero-order valence-electron chi connectivity index (χ0n) is 15.9. The van der Waals surface area contributed by atoms with Crippen LogP contribution < -0.4 is 9.47 Å². The molecule has 0 unspecified atom stereocenters. The van der Waals surface area contributed by atoms with Gasteiger partial charge in [-0.1, -0.05) is 23.5 Å². The molecule has 0 spiro atoms. The van der Waals surface area contributed by atoms with Crippen LogP contribution in [0.5, 0.6) is 11.5 Å². The Balaban J connectivity index is 1.49. The predicted molar refractivity (Wildman–Crippen MR) is 114 cm³/mol. The topological polar surface area (TPSA) is 78.6 Å². The fraction of sp³-hybridized carbons (Fsp3) is 0.200. The number of Topliss-reactive ketones (excluding diaryl/α,β-unsaturated/α-hetero) is 1. The SMILES string of the molecule is COc1ccc(C(=O)CSc2nnc3n2N=C(c2ccc(OC)cc2)CS3)cc1. The van der Waals surface area contributed by atoms with Crippen LogP contribution in [-0.2, 0) is 0 Å². The lowest BCUT2D eigenvalue weighted by Gasteiger charge is -2.14. The summed E-state index contributed by atoms with van der Waals surface area (Å²) in [7, 11) is 3.24. The van der Waals surface area contributed by atoms with Crippen molar-refractivity contribution in [2.75, 3.05) is 25.7 Å². The second kappa shape index (κ2) is 8.71. The summed E-state index contributed by atoms with van der Waals surface area (Å²) in [6.45, 7) is 0. The minimum Gasteiger partial charge on any atom is -0.497 e. The summed E-state index contributed by atoms with van der Waals surface area (Å²) in [6, 6.07) is 14.9. The number of nitrogens with zero attached hydrogens (tertiary/aromatic N) is 4. The van der Waals surface area contributed by atoms with E-state index in [-0.39, 0.29) is 11.5 Å². The second-order valence-electron chi connectivity index (χ2n) is 6.08. The first-order valence-corrected chi connectivity index (χ1v) is 10.8. The average Bonchev–Trinajstić information content (AvgIpc) is 3.19. The zero-order valence-corrected chi connectivity index (χ0v) is 17.5. The highest BCUT2D eigenvalue weighted by atomic mass is 32.2. The molecule has 0 radical (unpaired) electrons. The number of rotatable bonds is 7. The van der Waals surface area contributed by atoms with E-state index < -0.39 is 0 Å². The molecule has 4 rings (SSSR count). The third-order valence-corrected chi connectivity index (χ3v) is 6.16. The minimum atomic E-state index is 0.0119. The van der Waals surface area contributed by atoms with E-state index in [0.717, 1.165) is 27.9 Å². The summed E-state index contributed by atoms with van der Waals surface area (Å²) in [6.07, 6.45) is 0. The number of methoxy groups -OCH3 is 2. The molecule has 2 aromatic carbocycles. The van der Waals surface area contributed by atoms with Gasteiger partial charge in [0.1, 0.15) is 11.5 Å². The Kier molecular flexibility index (Phi) is 5.86. The van der Waals surface area contributed by atoms with Crippen LogP contribution in [-0.4, -0.2) is 52.1 Å². The van der Waals surface area contributed by atoms with Crippen molar-refractivity contribution in [3.8, 4) is 11.5 Å². The molecule has 0 aliphatic carbocycles. The third-order valence-electron chi connectivity index (χ3n) is 4.31. The zero-order chi connectivity index (χ0) is 20.2.